The van der Waals surface area contributed by atoms with E-state index < -0.39 is 17.6 Å². The van der Waals surface area contributed by atoms with Crippen LogP contribution < -0.4 is 5.73 Å². The number of ether oxygens (including phenoxy) is 1. The van der Waals surface area contributed by atoms with E-state index in [2.05, 4.69) is 0 Å². The van der Waals surface area contributed by atoms with Gasteiger partial charge >= 0.3 is 0 Å². The molecular formula is C27H34ClFN4O2. The Balaban J connectivity index is 2.23. The molecule has 3 aromatic rings. The number of benzene rings is 2. The molecule has 0 fully saturated rings. The summed E-state index contributed by atoms with van der Waals surface area (Å²) in [4.78, 5) is 19.7. The summed E-state index contributed by atoms with van der Waals surface area (Å²) in [6.45, 7) is 5.90. The molecule has 6 nitrogen and oxygen atoms in total. The van der Waals surface area contributed by atoms with E-state index in [9.17, 15) is 9.18 Å². The summed E-state index contributed by atoms with van der Waals surface area (Å²) in [5.74, 6) is 0.244. The largest absolute Gasteiger partial charge is 0.375 e. The molecule has 0 radical (unpaired) electrons. The van der Waals surface area contributed by atoms with Crippen LogP contribution in [0.5, 0.6) is 0 Å². The number of rotatable bonds is 10. The molecule has 0 aliphatic carbocycles. The molecule has 3 rings (SSSR count). The fourth-order valence-electron chi connectivity index (χ4n) is 4.19. The lowest BCUT2D eigenvalue weighted by molar-refractivity contribution is -0.141. The number of imidazole rings is 1. The highest BCUT2D eigenvalue weighted by Crippen LogP contribution is 2.41. The predicted octanol–water partition coefficient (Wildman–Crippen LogP) is 5.11. The molecular weight excluding hydrogens is 467 g/mol. The van der Waals surface area contributed by atoms with Gasteiger partial charge in [0.05, 0.1) is 19.1 Å². The molecule has 0 aliphatic rings. The Kier molecular flexibility index (Phi) is 9.05. The van der Waals surface area contributed by atoms with Gasteiger partial charge in [0.15, 0.2) is 0 Å². The SMILES string of the molecule is COCC(=O)N(CC(F)CN)C(c1nc(-c2ccccc2)c(Cl)n1Cc1ccccc1)C(C)(C)C. The van der Waals surface area contributed by atoms with Gasteiger partial charge in [0.25, 0.3) is 0 Å². The number of hydrogen-bond acceptors (Lipinski definition) is 4. The third kappa shape index (κ3) is 6.48. The molecule has 0 aliphatic heterocycles. The normalized spacial score (nSPS) is 13.5. The first-order chi connectivity index (χ1) is 16.7. The smallest absolute Gasteiger partial charge is 0.249 e. The van der Waals surface area contributed by atoms with Crippen LogP contribution in [0.1, 0.15) is 38.2 Å². The molecule has 2 atom stereocenters. The number of carbonyl (C=O) groups is 1. The fourth-order valence-corrected chi connectivity index (χ4v) is 4.49. The van der Waals surface area contributed by atoms with Crippen LogP contribution in [-0.2, 0) is 16.1 Å². The second-order valence-corrected chi connectivity index (χ2v) is 9.99. The number of aromatic nitrogens is 2. The quantitative estimate of drug-likeness (QED) is 0.420. The van der Waals surface area contributed by atoms with Crippen molar-refractivity contribution in [3.8, 4) is 11.3 Å². The van der Waals surface area contributed by atoms with Crippen LogP contribution in [0.25, 0.3) is 11.3 Å². The first kappa shape index (κ1) is 26.9. The van der Waals surface area contributed by atoms with Gasteiger partial charge in [-0.25, -0.2) is 9.37 Å². The number of nitrogens with zero attached hydrogens (tertiary/aromatic N) is 3. The molecule has 0 spiro atoms. The Labute approximate surface area is 211 Å². The Bertz CT molecular complexity index is 1100. The van der Waals surface area contributed by atoms with Crippen molar-refractivity contribution in [3.63, 3.8) is 0 Å². The monoisotopic (exact) mass is 500 g/mol. The van der Waals surface area contributed by atoms with Gasteiger partial charge in [0.2, 0.25) is 5.91 Å². The van der Waals surface area contributed by atoms with E-state index in [0.717, 1.165) is 11.1 Å². The van der Waals surface area contributed by atoms with E-state index in [0.29, 0.717) is 23.2 Å². The Morgan fingerprint density at radius 1 is 1.14 bits per heavy atom. The van der Waals surface area contributed by atoms with Crippen LogP contribution in [0.2, 0.25) is 5.15 Å². The Morgan fingerprint density at radius 2 is 1.74 bits per heavy atom. The van der Waals surface area contributed by atoms with Crippen molar-refractivity contribution in [2.75, 3.05) is 26.8 Å². The maximum Gasteiger partial charge on any atom is 0.249 e. The van der Waals surface area contributed by atoms with Gasteiger partial charge in [-0.15, -0.1) is 0 Å². The average molecular weight is 501 g/mol. The van der Waals surface area contributed by atoms with Crippen LogP contribution in [0.4, 0.5) is 4.39 Å². The molecule has 0 saturated carbocycles. The van der Waals surface area contributed by atoms with Gasteiger partial charge in [-0.1, -0.05) is 93.0 Å². The van der Waals surface area contributed by atoms with Crippen LogP contribution in [0.3, 0.4) is 0 Å². The number of carbonyl (C=O) groups excluding carboxylic acids is 1. The summed E-state index contributed by atoms with van der Waals surface area (Å²) < 4.78 is 21.7. The summed E-state index contributed by atoms with van der Waals surface area (Å²) in [7, 11) is 1.44. The van der Waals surface area contributed by atoms with Gasteiger partial charge in [0, 0.05) is 19.2 Å². The zero-order chi connectivity index (χ0) is 25.6. The van der Waals surface area contributed by atoms with Crippen molar-refractivity contribution in [1.82, 2.24) is 14.5 Å². The minimum Gasteiger partial charge on any atom is -0.375 e. The van der Waals surface area contributed by atoms with Crippen molar-refractivity contribution in [1.29, 1.82) is 0 Å². The van der Waals surface area contributed by atoms with E-state index >= 15 is 0 Å². The first-order valence-corrected chi connectivity index (χ1v) is 12.0. The van der Waals surface area contributed by atoms with E-state index in [1.165, 1.54) is 12.0 Å². The van der Waals surface area contributed by atoms with E-state index in [1.54, 1.807) is 0 Å². The molecule has 0 saturated heterocycles. The number of amides is 1. The number of nitrogens with two attached hydrogens (primary N) is 1. The molecule has 1 heterocycles. The lowest BCUT2D eigenvalue weighted by atomic mass is 9.84. The van der Waals surface area contributed by atoms with Gasteiger partial charge in [-0.05, 0) is 11.0 Å². The van der Waals surface area contributed by atoms with Crippen molar-refractivity contribution in [2.24, 2.45) is 11.1 Å². The summed E-state index contributed by atoms with van der Waals surface area (Å²) in [5.41, 5.74) is 7.59. The minimum absolute atomic E-state index is 0.170. The Hall–Kier alpha value is -2.74. The summed E-state index contributed by atoms with van der Waals surface area (Å²) in [6.07, 6.45) is -1.39. The topological polar surface area (TPSA) is 73.4 Å². The van der Waals surface area contributed by atoms with Crippen molar-refractivity contribution >= 4 is 17.5 Å². The number of alkyl halides is 1. The van der Waals surface area contributed by atoms with Crippen LogP contribution in [-0.4, -0.2) is 53.3 Å². The zero-order valence-electron chi connectivity index (χ0n) is 20.7. The lowest BCUT2D eigenvalue weighted by Gasteiger charge is -2.40. The first-order valence-electron chi connectivity index (χ1n) is 11.6. The van der Waals surface area contributed by atoms with Gasteiger partial charge in [-0.2, -0.15) is 0 Å². The summed E-state index contributed by atoms with van der Waals surface area (Å²) in [6, 6.07) is 19.0. The summed E-state index contributed by atoms with van der Waals surface area (Å²) >= 11 is 6.96. The van der Waals surface area contributed by atoms with Crippen molar-refractivity contribution in [3.05, 3.63) is 77.2 Å². The molecule has 188 valence electrons. The average Bonchev–Trinajstić information content (AvgIpc) is 3.14. The third-order valence-corrected chi connectivity index (χ3v) is 6.16. The predicted molar refractivity (Wildman–Crippen MR) is 138 cm³/mol. The fraction of sp³-hybridized carbons (Fsp3) is 0.407. The van der Waals surface area contributed by atoms with Gasteiger partial charge in [-0.3, -0.25) is 4.79 Å². The second kappa shape index (κ2) is 11.8. The number of halogens is 2. The zero-order valence-corrected chi connectivity index (χ0v) is 21.5. The molecule has 8 heteroatoms. The van der Waals surface area contributed by atoms with E-state index in [4.69, 9.17) is 27.1 Å². The van der Waals surface area contributed by atoms with Crippen LogP contribution in [0, 0.1) is 5.41 Å². The molecule has 2 unspecified atom stereocenters. The Morgan fingerprint density at radius 3 is 2.29 bits per heavy atom. The molecule has 1 amide bonds. The maximum absolute atomic E-state index is 14.6. The highest BCUT2D eigenvalue weighted by atomic mass is 35.5. The maximum atomic E-state index is 14.6. The van der Waals surface area contributed by atoms with Crippen LogP contribution in [0.15, 0.2) is 60.7 Å². The molecule has 1 aromatic heterocycles. The molecule has 35 heavy (non-hydrogen) atoms. The van der Waals surface area contributed by atoms with Gasteiger partial charge < -0.3 is 19.9 Å². The lowest BCUT2D eigenvalue weighted by Crippen LogP contribution is -2.47. The third-order valence-electron chi connectivity index (χ3n) is 5.78. The van der Waals surface area contributed by atoms with E-state index in [1.807, 2.05) is 86.0 Å². The number of methoxy groups -OCH3 is 1. The van der Waals surface area contributed by atoms with E-state index in [-0.39, 0.29) is 25.6 Å². The molecule has 2 N–H and O–H groups in total. The van der Waals surface area contributed by atoms with Crippen LogP contribution >= 0.6 is 11.6 Å². The molecule has 2 aromatic carbocycles. The van der Waals surface area contributed by atoms with Gasteiger partial charge in [0.1, 0.15) is 29.4 Å². The number of hydrogen-bond donors (Lipinski definition) is 1. The van der Waals surface area contributed by atoms with Crippen molar-refractivity contribution < 1.29 is 13.9 Å². The second-order valence-electron chi connectivity index (χ2n) is 9.63. The minimum atomic E-state index is -1.39. The highest BCUT2D eigenvalue weighted by Gasteiger charge is 2.40. The highest BCUT2D eigenvalue weighted by molar-refractivity contribution is 6.32. The molecule has 0 bridgehead atoms. The summed E-state index contributed by atoms with van der Waals surface area (Å²) in [5, 5.41) is 0.457. The standard InChI is InChI=1S/C27H34ClFN4O2/c1-27(2,3)24(32(17-21(29)15-30)22(34)18-35-4)26-31-23(20-13-9-6-10-14-20)25(28)33(26)16-19-11-7-5-8-12-19/h5-14,21,24H,15-18,30H2,1-4H3. The van der Waals surface area contributed by atoms with Crippen molar-refractivity contribution in [2.45, 2.75) is 39.5 Å².